The minimum Gasteiger partial charge on any atom is -0.346 e. The molecule has 1 fully saturated rings. The van der Waals surface area contributed by atoms with E-state index in [0.717, 1.165) is 73.7 Å². The quantitative estimate of drug-likeness (QED) is 0.445. The summed E-state index contributed by atoms with van der Waals surface area (Å²) in [5, 5.41) is 11.8. The number of rotatable bonds is 7. The molecule has 1 aromatic heterocycles. The van der Waals surface area contributed by atoms with Gasteiger partial charge in [-0.05, 0) is 43.7 Å². The molecule has 0 N–H and O–H groups in total. The number of para-hydroxylation sites is 1. The molecule has 1 aliphatic heterocycles. The molecule has 4 rings (SSSR count). The second kappa shape index (κ2) is 10.1. The van der Waals surface area contributed by atoms with Crippen molar-refractivity contribution in [2.75, 3.05) is 32.7 Å². The summed E-state index contributed by atoms with van der Waals surface area (Å²) in [5.41, 5.74) is 3.28. The Hall–Kier alpha value is -2.36. The highest BCUT2D eigenvalue weighted by atomic mass is 35.5. The van der Waals surface area contributed by atoms with E-state index in [-0.39, 0.29) is 5.78 Å². The predicted octanol–water partition coefficient (Wildman–Crippen LogP) is 5.23. The SMILES string of the molecule is CC(=O)c1cn(CCCN2CCN(Cc3ccc(Cl)cc3Cl)CC2)c2c(C#N)cccc12. The van der Waals surface area contributed by atoms with Crippen LogP contribution in [-0.2, 0) is 13.1 Å². The van der Waals surface area contributed by atoms with Crippen molar-refractivity contribution in [3.05, 3.63) is 69.3 Å². The number of nitrogens with zero attached hydrogens (tertiary/aromatic N) is 4. The van der Waals surface area contributed by atoms with Gasteiger partial charge in [-0.15, -0.1) is 0 Å². The lowest BCUT2D eigenvalue weighted by Gasteiger charge is -2.35. The zero-order valence-corrected chi connectivity index (χ0v) is 19.7. The third-order valence-corrected chi connectivity index (χ3v) is 6.73. The van der Waals surface area contributed by atoms with E-state index in [2.05, 4.69) is 20.4 Å². The molecule has 0 unspecified atom stereocenters. The lowest BCUT2D eigenvalue weighted by Crippen LogP contribution is -2.46. The second-order valence-corrected chi connectivity index (χ2v) is 9.16. The summed E-state index contributed by atoms with van der Waals surface area (Å²) in [4.78, 5) is 17.0. The van der Waals surface area contributed by atoms with E-state index in [1.54, 1.807) is 13.0 Å². The molecule has 0 spiro atoms. The van der Waals surface area contributed by atoms with Crippen molar-refractivity contribution >= 4 is 39.9 Å². The average Bonchev–Trinajstić information content (AvgIpc) is 3.16. The molecule has 0 radical (unpaired) electrons. The van der Waals surface area contributed by atoms with E-state index in [4.69, 9.17) is 23.2 Å². The van der Waals surface area contributed by atoms with Crippen LogP contribution in [0.3, 0.4) is 0 Å². The molecular formula is C25H26Cl2N4O. The van der Waals surface area contributed by atoms with Crippen LogP contribution in [0.25, 0.3) is 10.9 Å². The van der Waals surface area contributed by atoms with Gasteiger partial charge in [0.1, 0.15) is 6.07 Å². The van der Waals surface area contributed by atoms with Crippen LogP contribution in [0.2, 0.25) is 10.0 Å². The number of benzene rings is 2. The van der Waals surface area contributed by atoms with Crippen LogP contribution >= 0.6 is 23.2 Å². The Balaban J connectivity index is 1.33. The predicted molar refractivity (Wildman–Crippen MR) is 129 cm³/mol. The summed E-state index contributed by atoms with van der Waals surface area (Å²) in [7, 11) is 0. The van der Waals surface area contributed by atoms with Gasteiger partial charge in [0.2, 0.25) is 0 Å². The lowest BCUT2D eigenvalue weighted by atomic mass is 10.1. The normalized spacial score (nSPS) is 15.2. The maximum Gasteiger partial charge on any atom is 0.161 e. The van der Waals surface area contributed by atoms with Crippen LogP contribution in [0.15, 0.2) is 42.6 Å². The molecule has 7 heteroatoms. The number of carbonyl (C=O) groups excluding carboxylic acids is 1. The Kier molecular flexibility index (Phi) is 7.17. The average molecular weight is 469 g/mol. The molecule has 5 nitrogen and oxygen atoms in total. The van der Waals surface area contributed by atoms with Crippen molar-refractivity contribution in [1.29, 1.82) is 5.26 Å². The molecule has 2 heterocycles. The summed E-state index contributed by atoms with van der Waals surface area (Å²) in [6.45, 7) is 8.21. The van der Waals surface area contributed by atoms with Crippen LogP contribution in [0, 0.1) is 11.3 Å². The van der Waals surface area contributed by atoms with E-state index in [0.29, 0.717) is 16.1 Å². The number of aryl methyl sites for hydroxylation is 1. The number of carbonyl (C=O) groups is 1. The molecule has 0 saturated carbocycles. The first-order valence-corrected chi connectivity index (χ1v) is 11.6. The Morgan fingerprint density at radius 2 is 1.81 bits per heavy atom. The minimum atomic E-state index is 0.0285. The summed E-state index contributed by atoms with van der Waals surface area (Å²) >= 11 is 12.3. The van der Waals surface area contributed by atoms with Crippen LogP contribution in [0.4, 0.5) is 0 Å². The maximum atomic E-state index is 12.1. The second-order valence-electron chi connectivity index (χ2n) is 8.31. The third kappa shape index (κ3) is 5.00. The number of ketones is 1. The number of halogens is 2. The Morgan fingerprint density at radius 1 is 1.06 bits per heavy atom. The summed E-state index contributed by atoms with van der Waals surface area (Å²) in [5.74, 6) is 0.0285. The van der Waals surface area contributed by atoms with Gasteiger partial charge in [-0.3, -0.25) is 9.69 Å². The summed E-state index contributed by atoms with van der Waals surface area (Å²) in [6, 6.07) is 13.5. The first kappa shape index (κ1) is 22.8. The first-order chi connectivity index (χ1) is 15.5. The Morgan fingerprint density at radius 3 is 2.50 bits per heavy atom. The van der Waals surface area contributed by atoms with Gasteiger partial charge in [0, 0.05) is 66.5 Å². The van der Waals surface area contributed by atoms with E-state index in [1.165, 1.54) is 0 Å². The smallest absolute Gasteiger partial charge is 0.161 e. The van der Waals surface area contributed by atoms with Crippen molar-refractivity contribution in [1.82, 2.24) is 14.4 Å². The minimum absolute atomic E-state index is 0.0285. The molecule has 0 atom stereocenters. The van der Waals surface area contributed by atoms with Gasteiger partial charge in [-0.25, -0.2) is 0 Å². The molecule has 0 bridgehead atoms. The highest BCUT2D eigenvalue weighted by Gasteiger charge is 2.19. The maximum absolute atomic E-state index is 12.1. The molecule has 0 amide bonds. The summed E-state index contributed by atoms with van der Waals surface area (Å²) in [6.07, 6.45) is 2.87. The van der Waals surface area contributed by atoms with Crippen molar-refractivity contribution in [2.45, 2.75) is 26.4 Å². The van der Waals surface area contributed by atoms with Crippen LogP contribution in [0.5, 0.6) is 0 Å². The molecule has 166 valence electrons. The fourth-order valence-corrected chi connectivity index (χ4v) is 4.90. The van der Waals surface area contributed by atoms with E-state index >= 15 is 0 Å². The van der Waals surface area contributed by atoms with Gasteiger partial charge in [0.05, 0.1) is 11.1 Å². The fraction of sp³-hybridized carbons (Fsp3) is 0.360. The fourth-order valence-electron chi connectivity index (χ4n) is 4.43. The highest BCUT2D eigenvalue weighted by molar-refractivity contribution is 6.35. The molecule has 3 aromatic rings. The molecule has 32 heavy (non-hydrogen) atoms. The zero-order chi connectivity index (χ0) is 22.7. The lowest BCUT2D eigenvalue weighted by molar-refractivity contribution is 0.101. The number of nitriles is 1. The van der Waals surface area contributed by atoms with Crippen molar-refractivity contribution in [3.63, 3.8) is 0 Å². The summed E-state index contributed by atoms with van der Waals surface area (Å²) < 4.78 is 2.07. The number of hydrogen-bond donors (Lipinski definition) is 0. The van der Waals surface area contributed by atoms with E-state index in [9.17, 15) is 10.1 Å². The highest BCUT2D eigenvalue weighted by Crippen LogP contribution is 2.26. The molecule has 1 aliphatic rings. The van der Waals surface area contributed by atoms with E-state index in [1.807, 2.05) is 36.5 Å². The van der Waals surface area contributed by atoms with Crippen LogP contribution in [0.1, 0.15) is 34.8 Å². The van der Waals surface area contributed by atoms with Gasteiger partial charge in [0.15, 0.2) is 5.78 Å². The largest absolute Gasteiger partial charge is 0.346 e. The van der Waals surface area contributed by atoms with Gasteiger partial charge in [-0.2, -0.15) is 5.26 Å². The standard InChI is InChI=1S/C25H26Cl2N4O/c1-18(32)23-17-31(25-19(15-28)4-2-5-22(23)25)9-3-8-29-10-12-30(13-11-29)16-20-6-7-21(26)14-24(20)27/h2,4-7,14,17H,3,8-13,16H2,1H3. The Bertz CT molecular complexity index is 1170. The monoisotopic (exact) mass is 468 g/mol. The van der Waals surface area contributed by atoms with Gasteiger partial charge in [-0.1, -0.05) is 41.4 Å². The van der Waals surface area contributed by atoms with E-state index < -0.39 is 0 Å². The molecular weight excluding hydrogens is 443 g/mol. The number of fused-ring (bicyclic) bond motifs is 1. The number of Topliss-reactive ketones (excluding diaryl/α,β-unsaturated/α-hetero) is 1. The van der Waals surface area contributed by atoms with Crippen molar-refractivity contribution in [3.8, 4) is 6.07 Å². The number of piperazine rings is 1. The van der Waals surface area contributed by atoms with Crippen molar-refractivity contribution < 1.29 is 4.79 Å². The Labute approximate surface area is 198 Å². The van der Waals surface area contributed by atoms with Gasteiger partial charge < -0.3 is 9.47 Å². The number of aromatic nitrogens is 1. The third-order valence-electron chi connectivity index (χ3n) is 6.15. The topological polar surface area (TPSA) is 52.3 Å². The first-order valence-electron chi connectivity index (χ1n) is 10.9. The zero-order valence-electron chi connectivity index (χ0n) is 18.2. The number of hydrogen-bond acceptors (Lipinski definition) is 4. The van der Waals surface area contributed by atoms with Gasteiger partial charge >= 0.3 is 0 Å². The molecule has 1 saturated heterocycles. The van der Waals surface area contributed by atoms with Crippen molar-refractivity contribution in [2.24, 2.45) is 0 Å². The van der Waals surface area contributed by atoms with Crippen LogP contribution < -0.4 is 0 Å². The molecule has 2 aromatic carbocycles. The van der Waals surface area contributed by atoms with Gasteiger partial charge in [0.25, 0.3) is 0 Å². The van der Waals surface area contributed by atoms with Crippen LogP contribution in [-0.4, -0.2) is 52.9 Å². The molecule has 0 aliphatic carbocycles.